The number of benzene rings is 1. The smallest absolute Gasteiger partial charge is 0.224 e. The van der Waals surface area contributed by atoms with Crippen LogP contribution in [0.3, 0.4) is 0 Å². The second-order valence-electron chi connectivity index (χ2n) is 4.99. The van der Waals surface area contributed by atoms with Crippen molar-refractivity contribution in [3.05, 3.63) is 35.4 Å². The van der Waals surface area contributed by atoms with Crippen molar-refractivity contribution in [2.45, 2.75) is 25.3 Å². The molecule has 2 atom stereocenters. The molecule has 1 saturated heterocycles. The quantitative estimate of drug-likeness (QED) is 0.857. The number of amides is 1. The molecule has 1 aromatic carbocycles. The Bertz CT molecular complexity index is 430. The van der Waals surface area contributed by atoms with Gasteiger partial charge in [-0.2, -0.15) is 0 Å². The highest BCUT2D eigenvalue weighted by atomic mass is 35.5. The van der Waals surface area contributed by atoms with Crippen molar-refractivity contribution >= 4 is 18.3 Å². The molecule has 0 saturated carbocycles. The summed E-state index contributed by atoms with van der Waals surface area (Å²) >= 11 is 0. The van der Waals surface area contributed by atoms with E-state index in [4.69, 9.17) is 0 Å². The van der Waals surface area contributed by atoms with Gasteiger partial charge in [0.2, 0.25) is 5.91 Å². The maximum atomic E-state index is 12.1. The van der Waals surface area contributed by atoms with Gasteiger partial charge >= 0.3 is 0 Å². The lowest BCUT2D eigenvalue weighted by atomic mass is 10.1. The van der Waals surface area contributed by atoms with Crippen molar-refractivity contribution in [2.24, 2.45) is 5.92 Å². The third-order valence-electron chi connectivity index (χ3n) is 3.88. The van der Waals surface area contributed by atoms with E-state index in [1.54, 1.807) is 0 Å². The van der Waals surface area contributed by atoms with Crippen LogP contribution in [-0.2, 0) is 11.2 Å². The SMILES string of the molecule is Cl.O=C(NC1CCc2ccccc21)C1CCNC1. The Kier molecular flexibility index (Phi) is 4.25. The molecule has 18 heavy (non-hydrogen) atoms. The van der Waals surface area contributed by atoms with Crippen molar-refractivity contribution in [3.63, 3.8) is 0 Å². The van der Waals surface area contributed by atoms with E-state index in [-0.39, 0.29) is 30.3 Å². The second kappa shape index (κ2) is 5.72. The molecule has 0 spiro atoms. The highest BCUT2D eigenvalue weighted by molar-refractivity contribution is 5.85. The van der Waals surface area contributed by atoms with Gasteiger partial charge in [0.25, 0.3) is 0 Å². The zero-order chi connectivity index (χ0) is 11.7. The van der Waals surface area contributed by atoms with Gasteiger partial charge in [-0.25, -0.2) is 0 Å². The first-order valence-corrected chi connectivity index (χ1v) is 6.43. The molecule has 98 valence electrons. The Hall–Kier alpha value is -1.06. The topological polar surface area (TPSA) is 41.1 Å². The summed E-state index contributed by atoms with van der Waals surface area (Å²) in [5, 5.41) is 6.43. The fraction of sp³-hybridized carbons (Fsp3) is 0.500. The molecular weight excluding hydrogens is 248 g/mol. The summed E-state index contributed by atoms with van der Waals surface area (Å²) in [7, 11) is 0. The lowest BCUT2D eigenvalue weighted by molar-refractivity contribution is -0.125. The van der Waals surface area contributed by atoms with Gasteiger partial charge in [0, 0.05) is 6.54 Å². The van der Waals surface area contributed by atoms with Gasteiger partial charge in [0.1, 0.15) is 0 Å². The van der Waals surface area contributed by atoms with Gasteiger partial charge < -0.3 is 10.6 Å². The molecule has 1 aliphatic heterocycles. The largest absolute Gasteiger partial charge is 0.349 e. The minimum absolute atomic E-state index is 0. The van der Waals surface area contributed by atoms with E-state index in [0.29, 0.717) is 0 Å². The van der Waals surface area contributed by atoms with Gasteiger partial charge in [-0.15, -0.1) is 12.4 Å². The molecule has 3 nitrogen and oxygen atoms in total. The van der Waals surface area contributed by atoms with Gasteiger partial charge in [0.05, 0.1) is 12.0 Å². The Morgan fingerprint density at radius 3 is 2.89 bits per heavy atom. The number of carbonyl (C=O) groups is 1. The molecular formula is C14H19ClN2O. The van der Waals surface area contributed by atoms with Crippen molar-refractivity contribution in [1.29, 1.82) is 0 Å². The Balaban J connectivity index is 0.00000120. The molecule has 0 radical (unpaired) electrons. The van der Waals surface area contributed by atoms with Crippen LogP contribution in [0.4, 0.5) is 0 Å². The van der Waals surface area contributed by atoms with Crippen LogP contribution in [0.1, 0.15) is 30.0 Å². The van der Waals surface area contributed by atoms with Crippen molar-refractivity contribution in [3.8, 4) is 0 Å². The second-order valence-corrected chi connectivity index (χ2v) is 4.99. The third kappa shape index (κ3) is 2.52. The molecule has 0 aromatic heterocycles. The first-order chi connectivity index (χ1) is 8.34. The van der Waals surface area contributed by atoms with Gasteiger partial charge in [-0.05, 0) is 36.9 Å². The first-order valence-electron chi connectivity index (χ1n) is 6.43. The van der Waals surface area contributed by atoms with Crippen molar-refractivity contribution < 1.29 is 4.79 Å². The zero-order valence-corrected chi connectivity index (χ0v) is 11.1. The zero-order valence-electron chi connectivity index (χ0n) is 10.3. The maximum absolute atomic E-state index is 12.1. The van der Waals surface area contributed by atoms with Crippen LogP contribution >= 0.6 is 12.4 Å². The molecule has 4 heteroatoms. The average Bonchev–Trinajstić information content (AvgIpc) is 2.98. The van der Waals surface area contributed by atoms with Crippen LogP contribution in [0.15, 0.2) is 24.3 Å². The van der Waals surface area contributed by atoms with Crippen LogP contribution in [0, 0.1) is 5.92 Å². The summed E-state index contributed by atoms with van der Waals surface area (Å²) in [4.78, 5) is 12.1. The van der Waals surface area contributed by atoms with E-state index in [1.165, 1.54) is 11.1 Å². The summed E-state index contributed by atoms with van der Waals surface area (Å²) < 4.78 is 0. The number of aryl methyl sites for hydroxylation is 1. The maximum Gasteiger partial charge on any atom is 0.224 e. The van der Waals surface area contributed by atoms with E-state index in [2.05, 4.69) is 34.9 Å². The minimum Gasteiger partial charge on any atom is -0.349 e. The van der Waals surface area contributed by atoms with Crippen LogP contribution in [0.25, 0.3) is 0 Å². The monoisotopic (exact) mass is 266 g/mol. The van der Waals surface area contributed by atoms with Crippen LogP contribution < -0.4 is 10.6 Å². The molecule has 1 heterocycles. The standard InChI is InChI=1S/C14H18N2O.ClH/c17-14(11-7-8-15-9-11)16-13-6-5-10-3-1-2-4-12(10)13;/h1-4,11,13,15H,5-9H2,(H,16,17);1H. The molecule has 1 amide bonds. The minimum atomic E-state index is 0. The average molecular weight is 267 g/mol. The predicted molar refractivity (Wildman–Crippen MR) is 73.9 cm³/mol. The number of hydrogen-bond acceptors (Lipinski definition) is 2. The van der Waals surface area contributed by atoms with Crippen molar-refractivity contribution in [2.75, 3.05) is 13.1 Å². The van der Waals surface area contributed by atoms with E-state index in [0.717, 1.165) is 32.4 Å². The number of hydrogen-bond donors (Lipinski definition) is 2. The van der Waals surface area contributed by atoms with Crippen molar-refractivity contribution in [1.82, 2.24) is 10.6 Å². The molecule has 2 unspecified atom stereocenters. The Morgan fingerprint density at radius 2 is 2.11 bits per heavy atom. The highest BCUT2D eigenvalue weighted by Crippen LogP contribution is 2.31. The molecule has 1 fully saturated rings. The molecule has 3 rings (SSSR count). The fourth-order valence-electron chi connectivity index (χ4n) is 2.88. The van der Waals surface area contributed by atoms with E-state index in [1.807, 2.05) is 0 Å². The number of carbonyl (C=O) groups excluding carboxylic acids is 1. The Labute approximate surface area is 114 Å². The summed E-state index contributed by atoms with van der Waals surface area (Å²) in [6.07, 6.45) is 3.11. The van der Waals surface area contributed by atoms with Crippen LogP contribution in [-0.4, -0.2) is 19.0 Å². The molecule has 1 aliphatic carbocycles. The van der Waals surface area contributed by atoms with E-state index >= 15 is 0 Å². The van der Waals surface area contributed by atoms with Crippen LogP contribution in [0.5, 0.6) is 0 Å². The summed E-state index contributed by atoms with van der Waals surface area (Å²) in [5.41, 5.74) is 2.70. The lowest BCUT2D eigenvalue weighted by Crippen LogP contribution is -2.34. The molecule has 1 aromatic rings. The third-order valence-corrected chi connectivity index (χ3v) is 3.88. The number of fused-ring (bicyclic) bond motifs is 1. The number of nitrogens with one attached hydrogen (secondary N) is 2. The van der Waals surface area contributed by atoms with Gasteiger partial charge in [0.15, 0.2) is 0 Å². The lowest BCUT2D eigenvalue weighted by Gasteiger charge is -2.16. The van der Waals surface area contributed by atoms with Crippen LogP contribution in [0.2, 0.25) is 0 Å². The normalized spacial score (nSPS) is 25.3. The summed E-state index contributed by atoms with van der Waals surface area (Å²) in [5.74, 6) is 0.388. The highest BCUT2D eigenvalue weighted by Gasteiger charge is 2.28. The molecule has 0 bridgehead atoms. The summed E-state index contributed by atoms with van der Waals surface area (Å²) in [6.45, 7) is 1.81. The van der Waals surface area contributed by atoms with Gasteiger partial charge in [-0.1, -0.05) is 24.3 Å². The Morgan fingerprint density at radius 1 is 1.28 bits per heavy atom. The fourth-order valence-corrected chi connectivity index (χ4v) is 2.88. The first kappa shape index (κ1) is 13.4. The number of halogens is 1. The molecule has 2 aliphatic rings. The van der Waals surface area contributed by atoms with E-state index < -0.39 is 0 Å². The van der Waals surface area contributed by atoms with E-state index in [9.17, 15) is 4.79 Å². The number of rotatable bonds is 2. The van der Waals surface area contributed by atoms with Gasteiger partial charge in [-0.3, -0.25) is 4.79 Å². The predicted octanol–water partition coefficient (Wildman–Crippen LogP) is 1.82. The molecule has 2 N–H and O–H groups in total. The summed E-state index contributed by atoms with van der Waals surface area (Å²) in [6, 6.07) is 8.67.